The van der Waals surface area contributed by atoms with E-state index in [0.29, 0.717) is 81.2 Å². The molecular weight excluding hydrogens is 536 g/mol. The van der Waals surface area contributed by atoms with Crippen LogP contribution < -0.4 is 4.90 Å². The van der Waals surface area contributed by atoms with Gasteiger partial charge < -0.3 is 29.8 Å². The first-order chi connectivity index (χ1) is 20.0. The summed E-state index contributed by atoms with van der Waals surface area (Å²) in [6.07, 6.45) is 6.16. The molecule has 3 aromatic rings. The van der Waals surface area contributed by atoms with Gasteiger partial charge in [0.15, 0.2) is 5.82 Å². The van der Waals surface area contributed by atoms with Gasteiger partial charge in [0, 0.05) is 69.0 Å². The van der Waals surface area contributed by atoms with Gasteiger partial charge in [-0.2, -0.15) is 10.3 Å². The number of nitriles is 1. The molecule has 2 saturated heterocycles. The molecule has 2 aliphatic rings. The highest BCUT2D eigenvalue weighted by atomic mass is 16.6. The number of pyridine rings is 1. The number of piperazine rings is 1. The third-order valence-electron chi connectivity index (χ3n) is 7.79. The molecule has 5 rings (SSSR count). The van der Waals surface area contributed by atoms with Gasteiger partial charge in [-0.15, -0.1) is 0 Å². The molecule has 5 heterocycles. The molecule has 1 atom stereocenters. The molecule has 0 aliphatic carbocycles. The molecule has 3 N–H and O–H groups in total. The van der Waals surface area contributed by atoms with Crippen LogP contribution in [0.1, 0.15) is 57.0 Å². The summed E-state index contributed by atoms with van der Waals surface area (Å²) >= 11 is 0. The largest absolute Gasteiger partial charge is 0.444 e. The second-order valence-electron chi connectivity index (χ2n) is 12.0. The zero-order valence-corrected chi connectivity index (χ0v) is 24.6. The topological polar surface area (TPSA) is 155 Å². The Kier molecular flexibility index (Phi) is 8.19. The van der Waals surface area contributed by atoms with Crippen molar-refractivity contribution in [3.63, 3.8) is 0 Å². The highest BCUT2D eigenvalue weighted by Crippen LogP contribution is 2.35. The standard InChI is InChI=1S/C30H38N8O4/c1-20-23(17-31)26(36-12-14-37(15-13-36)28(39)42-29(2,3)4)35-25(20)21-6-9-32-24(16-21)22-18-33-27(34-19-22)30(40)7-5-10-38(41)11-8-30/h6,9,16,18-19,35,40-41H,5,7-8,10-15H2,1-4H3. The molecule has 0 saturated carbocycles. The van der Waals surface area contributed by atoms with Crippen molar-refractivity contribution in [2.24, 2.45) is 0 Å². The summed E-state index contributed by atoms with van der Waals surface area (Å²) in [5, 5.41) is 32.2. The van der Waals surface area contributed by atoms with Crippen LogP contribution in [0.5, 0.6) is 0 Å². The lowest BCUT2D eigenvalue weighted by Gasteiger charge is -2.36. The van der Waals surface area contributed by atoms with Crippen LogP contribution >= 0.6 is 0 Å². The van der Waals surface area contributed by atoms with Gasteiger partial charge in [-0.05, 0) is 64.7 Å². The van der Waals surface area contributed by atoms with Crippen LogP contribution in [0.2, 0.25) is 0 Å². The third kappa shape index (κ3) is 6.23. The van der Waals surface area contributed by atoms with Crippen molar-refractivity contribution in [3.05, 3.63) is 47.7 Å². The first kappa shape index (κ1) is 29.4. The lowest BCUT2D eigenvalue weighted by molar-refractivity contribution is -0.0938. The summed E-state index contributed by atoms with van der Waals surface area (Å²) in [7, 11) is 0. The lowest BCUT2D eigenvalue weighted by atomic mass is 9.94. The summed E-state index contributed by atoms with van der Waals surface area (Å²) in [6.45, 7) is 10.5. The number of H-pyrrole nitrogens is 1. The monoisotopic (exact) mass is 574 g/mol. The molecule has 42 heavy (non-hydrogen) atoms. The maximum absolute atomic E-state index is 12.5. The zero-order valence-electron chi connectivity index (χ0n) is 24.6. The zero-order chi connectivity index (χ0) is 30.1. The fourth-order valence-corrected chi connectivity index (χ4v) is 5.45. The molecule has 0 radical (unpaired) electrons. The van der Waals surface area contributed by atoms with Crippen LogP contribution in [0.4, 0.5) is 10.6 Å². The minimum Gasteiger partial charge on any atom is -0.444 e. The number of anilines is 1. The number of aliphatic hydroxyl groups is 1. The van der Waals surface area contributed by atoms with Crippen molar-refractivity contribution in [1.29, 1.82) is 5.26 Å². The number of aromatic nitrogens is 4. The number of amides is 1. The lowest BCUT2D eigenvalue weighted by Crippen LogP contribution is -2.50. The van der Waals surface area contributed by atoms with Gasteiger partial charge >= 0.3 is 6.09 Å². The Morgan fingerprint density at radius 3 is 2.45 bits per heavy atom. The Balaban J connectivity index is 1.34. The molecule has 3 aromatic heterocycles. The predicted octanol–water partition coefficient (Wildman–Crippen LogP) is 3.83. The third-order valence-corrected chi connectivity index (χ3v) is 7.79. The van der Waals surface area contributed by atoms with E-state index < -0.39 is 11.2 Å². The molecule has 1 unspecified atom stereocenters. The van der Waals surface area contributed by atoms with Gasteiger partial charge in [0.25, 0.3) is 0 Å². The van der Waals surface area contributed by atoms with Crippen molar-refractivity contribution in [2.45, 2.75) is 58.2 Å². The average Bonchev–Trinajstić information content (AvgIpc) is 3.20. The van der Waals surface area contributed by atoms with Crippen LogP contribution in [0.3, 0.4) is 0 Å². The van der Waals surface area contributed by atoms with Gasteiger partial charge in [-0.1, -0.05) is 0 Å². The van der Waals surface area contributed by atoms with Gasteiger partial charge in [0.1, 0.15) is 23.1 Å². The number of rotatable bonds is 4. The van der Waals surface area contributed by atoms with E-state index in [2.05, 4.69) is 30.9 Å². The summed E-state index contributed by atoms with van der Waals surface area (Å²) in [5.41, 5.74) is 2.71. The fraction of sp³-hybridized carbons (Fsp3) is 0.500. The number of aromatic amines is 1. The molecule has 12 nitrogen and oxygen atoms in total. The molecule has 0 spiro atoms. The molecule has 2 fully saturated rings. The number of carbonyl (C=O) groups is 1. The maximum atomic E-state index is 12.5. The maximum Gasteiger partial charge on any atom is 0.410 e. The molecular formula is C30H38N8O4. The molecule has 12 heteroatoms. The molecule has 0 aromatic carbocycles. The number of nitrogens with one attached hydrogen (secondary N) is 1. The second kappa shape index (κ2) is 11.7. The number of nitrogens with zero attached hydrogens (tertiary/aromatic N) is 7. The van der Waals surface area contributed by atoms with Crippen LogP contribution in [-0.4, -0.2) is 91.2 Å². The molecule has 1 amide bonds. The Morgan fingerprint density at radius 1 is 1.07 bits per heavy atom. The van der Waals surface area contributed by atoms with E-state index in [1.54, 1.807) is 23.5 Å². The SMILES string of the molecule is Cc1c(-c2ccnc(-c3cnc(C4(O)CCCN(O)CC4)nc3)c2)[nH]c(N2CCN(C(=O)OC(C)(C)C)CC2)c1C#N. The first-order valence-corrected chi connectivity index (χ1v) is 14.3. The van der Waals surface area contributed by atoms with Crippen molar-refractivity contribution in [2.75, 3.05) is 44.2 Å². The average molecular weight is 575 g/mol. The minimum atomic E-state index is -1.19. The predicted molar refractivity (Wildman–Crippen MR) is 156 cm³/mol. The fourth-order valence-electron chi connectivity index (χ4n) is 5.45. The van der Waals surface area contributed by atoms with Crippen molar-refractivity contribution in [3.8, 4) is 28.6 Å². The Hall–Kier alpha value is -4.05. The summed E-state index contributed by atoms with van der Waals surface area (Å²) in [4.78, 5) is 33.2. The summed E-state index contributed by atoms with van der Waals surface area (Å²) in [6, 6.07) is 6.16. The Labute approximate surface area is 245 Å². The molecule has 0 bridgehead atoms. The number of hydrogen-bond donors (Lipinski definition) is 3. The van der Waals surface area contributed by atoms with E-state index in [-0.39, 0.29) is 6.09 Å². The smallest absolute Gasteiger partial charge is 0.410 e. The Morgan fingerprint density at radius 2 is 1.79 bits per heavy atom. The second-order valence-corrected chi connectivity index (χ2v) is 12.0. The first-order valence-electron chi connectivity index (χ1n) is 14.3. The number of hydrogen-bond acceptors (Lipinski definition) is 10. The van der Waals surface area contributed by atoms with E-state index in [1.165, 1.54) is 5.06 Å². The quantitative estimate of drug-likeness (QED) is 0.419. The molecule has 222 valence electrons. The number of hydroxylamine groups is 2. The van der Waals surface area contributed by atoms with Crippen LogP contribution in [0, 0.1) is 18.3 Å². The Bertz CT molecular complexity index is 1470. The minimum absolute atomic E-state index is 0.326. The highest BCUT2D eigenvalue weighted by molar-refractivity contribution is 5.77. The van der Waals surface area contributed by atoms with E-state index in [9.17, 15) is 20.4 Å². The van der Waals surface area contributed by atoms with E-state index in [4.69, 9.17) is 4.74 Å². The molecule has 2 aliphatic heterocycles. The number of ether oxygens (including phenoxy) is 1. The highest BCUT2D eigenvalue weighted by Gasteiger charge is 2.34. The summed E-state index contributed by atoms with van der Waals surface area (Å²) < 4.78 is 5.51. The van der Waals surface area contributed by atoms with Crippen LogP contribution in [-0.2, 0) is 10.3 Å². The normalized spacial score (nSPS) is 20.2. The number of carbonyl (C=O) groups excluding carboxylic acids is 1. The van der Waals surface area contributed by atoms with Crippen molar-refractivity contribution >= 4 is 11.9 Å². The summed E-state index contributed by atoms with van der Waals surface area (Å²) in [5.74, 6) is 1.07. The van der Waals surface area contributed by atoms with Gasteiger partial charge in [0.05, 0.1) is 17.0 Å². The van der Waals surface area contributed by atoms with E-state index in [0.717, 1.165) is 22.6 Å². The van der Waals surface area contributed by atoms with Crippen molar-refractivity contribution in [1.82, 2.24) is 29.9 Å². The van der Waals surface area contributed by atoms with Crippen LogP contribution in [0.15, 0.2) is 30.7 Å². The van der Waals surface area contributed by atoms with E-state index >= 15 is 0 Å². The van der Waals surface area contributed by atoms with Crippen molar-refractivity contribution < 1.29 is 19.8 Å². The van der Waals surface area contributed by atoms with E-state index in [1.807, 2.05) is 39.8 Å². The van der Waals surface area contributed by atoms with Gasteiger partial charge in [-0.25, -0.2) is 14.8 Å². The van der Waals surface area contributed by atoms with Gasteiger partial charge in [-0.3, -0.25) is 4.98 Å². The van der Waals surface area contributed by atoms with Crippen LogP contribution in [0.25, 0.3) is 22.5 Å². The van der Waals surface area contributed by atoms with Gasteiger partial charge in [0.2, 0.25) is 0 Å².